The van der Waals surface area contributed by atoms with Crippen LogP contribution in [0.2, 0.25) is 0 Å². The average molecular weight is 488 g/mol. The van der Waals surface area contributed by atoms with Crippen LogP contribution in [-0.2, 0) is 32.4 Å². The molecule has 2 aromatic rings. The van der Waals surface area contributed by atoms with Crippen LogP contribution in [0.15, 0.2) is 29.2 Å². The van der Waals surface area contributed by atoms with E-state index in [9.17, 15) is 23.3 Å². The van der Waals surface area contributed by atoms with Crippen molar-refractivity contribution in [2.45, 2.75) is 49.8 Å². The van der Waals surface area contributed by atoms with E-state index in [0.29, 0.717) is 23.7 Å². The van der Waals surface area contributed by atoms with E-state index in [1.165, 1.54) is 39.9 Å². The molecule has 4 rings (SSSR count). The topological polar surface area (TPSA) is 117 Å². The molecule has 0 atom stereocenters. The van der Waals surface area contributed by atoms with Gasteiger partial charge in [0.1, 0.15) is 11.1 Å². The quantitative estimate of drug-likeness (QED) is 0.624. The number of hydrogen-bond donors (Lipinski definition) is 1. The van der Waals surface area contributed by atoms with E-state index in [1.807, 2.05) is 0 Å². The van der Waals surface area contributed by atoms with Crippen molar-refractivity contribution in [1.82, 2.24) is 4.31 Å². The summed E-state index contributed by atoms with van der Waals surface area (Å²) in [4.78, 5) is 26.0. The highest BCUT2D eigenvalue weighted by Crippen LogP contribution is 2.37. The number of aryl methyl sites for hydroxylation is 1. The molecular weight excluding hydrogens is 462 g/mol. The molecule has 8 nitrogen and oxygen atoms in total. The zero-order valence-electron chi connectivity index (χ0n) is 18.1. The minimum Gasteiger partial charge on any atom is -0.452 e. The lowest BCUT2D eigenvalue weighted by molar-refractivity contribution is -0.119. The van der Waals surface area contributed by atoms with E-state index in [4.69, 9.17) is 4.74 Å². The number of nitriles is 1. The molecule has 1 aromatic carbocycles. The zero-order valence-corrected chi connectivity index (χ0v) is 19.8. The number of ether oxygens (including phenoxy) is 1. The molecule has 0 unspecified atom stereocenters. The molecule has 174 valence electrons. The van der Waals surface area contributed by atoms with Gasteiger partial charge >= 0.3 is 5.97 Å². The molecule has 2 heterocycles. The molecule has 33 heavy (non-hydrogen) atoms. The lowest BCUT2D eigenvalue weighted by atomic mass is 9.96. The summed E-state index contributed by atoms with van der Waals surface area (Å²) < 4.78 is 32.3. The van der Waals surface area contributed by atoms with E-state index in [-0.39, 0.29) is 10.5 Å². The highest BCUT2D eigenvalue weighted by atomic mass is 32.2. The SMILES string of the molecule is N#Cc1c(NC(=O)COC(=O)c2cccc(S(=O)(=O)N3CCCCC3)c2)sc2c1CCCC2. The summed E-state index contributed by atoms with van der Waals surface area (Å²) >= 11 is 1.40. The number of carbonyl (C=O) groups excluding carboxylic acids is 2. The Kier molecular flexibility index (Phi) is 7.12. The minimum atomic E-state index is -3.68. The van der Waals surface area contributed by atoms with Gasteiger partial charge in [0.05, 0.1) is 16.0 Å². The van der Waals surface area contributed by atoms with Crippen LogP contribution >= 0.6 is 11.3 Å². The molecule has 0 radical (unpaired) electrons. The molecule has 10 heteroatoms. The van der Waals surface area contributed by atoms with Crippen LogP contribution in [0.5, 0.6) is 0 Å². The van der Waals surface area contributed by atoms with Crippen LogP contribution in [0.1, 0.15) is 58.5 Å². The highest BCUT2D eigenvalue weighted by Gasteiger charge is 2.27. The fourth-order valence-electron chi connectivity index (χ4n) is 4.19. The molecular formula is C23H25N3O5S2. The standard InChI is InChI=1S/C23H25N3O5S2/c24-14-19-18-9-2-3-10-20(18)32-22(19)25-21(27)15-31-23(28)16-7-6-8-17(13-16)33(29,30)26-11-4-1-5-12-26/h6-8,13H,1-5,9-12,15H2,(H,25,27). The summed E-state index contributed by atoms with van der Waals surface area (Å²) in [5.41, 5.74) is 1.56. The first-order valence-electron chi connectivity index (χ1n) is 11.0. The Labute approximate surface area is 197 Å². The number of carbonyl (C=O) groups is 2. The molecule has 1 aliphatic heterocycles. The summed E-state index contributed by atoms with van der Waals surface area (Å²) in [6.07, 6.45) is 6.45. The van der Waals surface area contributed by atoms with Crippen molar-refractivity contribution in [2.75, 3.05) is 25.0 Å². The smallest absolute Gasteiger partial charge is 0.338 e. The number of piperidine rings is 1. The zero-order chi connectivity index (χ0) is 23.4. The number of anilines is 1. The second kappa shape index (κ2) is 10.0. The van der Waals surface area contributed by atoms with E-state index < -0.39 is 28.5 Å². The molecule has 0 saturated carbocycles. The maximum atomic E-state index is 12.9. The van der Waals surface area contributed by atoms with Gasteiger partial charge in [0.2, 0.25) is 10.0 Å². The third kappa shape index (κ3) is 5.11. The number of rotatable bonds is 6. The van der Waals surface area contributed by atoms with Crippen molar-refractivity contribution >= 4 is 38.2 Å². The van der Waals surface area contributed by atoms with Crippen LogP contribution < -0.4 is 5.32 Å². The van der Waals surface area contributed by atoms with Gasteiger partial charge < -0.3 is 10.1 Å². The number of esters is 1. The number of hydrogen-bond acceptors (Lipinski definition) is 7. The first-order chi connectivity index (χ1) is 15.9. The monoisotopic (exact) mass is 487 g/mol. The summed E-state index contributed by atoms with van der Waals surface area (Å²) in [6, 6.07) is 7.85. The number of fused-ring (bicyclic) bond motifs is 1. The van der Waals surface area contributed by atoms with Gasteiger partial charge in [-0.15, -0.1) is 11.3 Å². The third-order valence-corrected chi connectivity index (χ3v) is 8.99. The average Bonchev–Trinajstić information content (AvgIpc) is 3.20. The second-order valence-corrected chi connectivity index (χ2v) is 11.2. The molecule has 1 N–H and O–H groups in total. The van der Waals surface area contributed by atoms with E-state index in [0.717, 1.165) is 55.4 Å². The molecule has 2 aliphatic rings. The summed E-state index contributed by atoms with van der Waals surface area (Å²) in [7, 11) is -3.68. The molecule has 1 aromatic heterocycles. The molecule has 0 bridgehead atoms. The van der Waals surface area contributed by atoms with Crippen LogP contribution in [0.3, 0.4) is 0 Å². The maximum Gasteiger partial charge on any atom is 0.338 e. The molecule has 1 fully saturated rings. The van der Waals surface area contributed by atoms with Crippen molar-refractivity contribution in [3.8, 4) is 6.07 Å². The normalized spacial score (nSPS) is 16.5. The fraction of sp³-hybridized carbons (Fsp3) is 0.435. The molecule has 1 amide bonds. The number of sulfonamides is 1. The number of benzene rings is 1. The maximum absolute atomic E-state index is 12.9. The lowest BCUT2D eigenvalue weighted by Crippen LogP contribution is -2.35. The number of thiophene rings is 1. The van der Waals surface area contributed by atoms with Crippen LogP contribution in [0.4, 0.5) is 5.00 Å². The highest BCUT2D eigenvalue weighted by molar-refractivity contribution is 7.89. The Morgan fingerprint density at radius 3 is 2.64 bits per heavy atom. The Hall–Kier alpha value is -2.74. The van der Waals surface area contributed by atoms with Gasteiger partial charge in [-0.2, -0.15) is 9.57 Å². The van der Waals surface area contributed by atoms with E-state index in [2.05, 4.69) is 11.4 Å². The Morgan fingerprint density at radius 1 is 1.12 bits per heavy atom. The van der Waals surface area contributed by atoms with Gasteiger partial charge in [0.15, 0.2) is 6.61 Å². The van der Waals surface area contributed by atoms with Gasteiger partial charge in [-0.05, 0) is 62.3 Å². The van der Waals surface area contributed by atoms with Crippen LogP contribution in [-0.4, -0.2) is 44.3 Å². The fourth-order valence-corrected chi connectivity index (χ4v) is 7.01. The van der Waals surface area contributed by atoms with E-state index >= 15 is 0 Å². The van der Waals surface area contributed by atoms with Crippen LogP contribution in [0.25, 0.3) is 0 Å². The van der Waals surface area contributed by atoms with Crippen molar-refractivity contribution in [2.24, 2.45) is 0 Å². The van der Waals surface area contributed by atoms with Crippen molar-refractivity contribution in [3.05, 3.63) is 45.8 Å². The number of nitrogens with zero attached hydrogens (tertiary/aromatic N) is 2. The largest absolute Gasteiger partial charge is 0.452 e. The first kappa shape index (κ1) is 23.4. The summed E-state index contributed by atoms with van der Waals surface area (Å²) in [6.45, 7) is 0.400. The minimum absolute atomic E-state index is 0.0335. The third-order valence-electron chi connectivity index (χ3n) is 5.89. The predicted octanol–water partition coefficient (Wildman–Crippen LogP) is 3.47. The Morgan fingerprint density at radius 2 is 1.88 bits per heavy atom. The second-order valence-electron chi connectivity index (χ2n) is 8.14. The molecule has 1 aliphatic carbocycles. The van der Waals surface area contributed by atoms with Crippen molar-refractivity contribution in [3.63, 3.8) is 0 Å². The van der Waals surface area contributed by atoms with Gasteiger partial charge in [-0.25, -0.2) is 13.2 Å². The van der Waals surface area contributed by atoms with E-state index in [1.54, 1.807) is 0 Å². The van der Waals surface area contributed by atoms with Gasteiger partial charge in [-0.3, -0.25) is 4.79 Å². The summed E-state index contributed by atoms with van der Waals surface area (Å²) in [5, 5.41) is 12.7. The van der Waals surface area contributed by atoms with Gasteiger partial charge in [-0.1, -0.05) is 12.5 Å². The summed E-state index contributed by atoms with van der Waals surface area (Å²) in [5.74, 6) is -1.33. The van der Waals surface area contributed by atoms with Gasteiger partial charge in [0, 0.05) is 18.0 Å². The molecule has 1 saturated heterocycles. The Balaban J connectivity index is 1.39. The van der Waals surface area contributed by atoms with Gasteiger partial charge in [0.25, 0.3) is 5.91 Å². The number of nitrogens with one attached hydrogen (secondary N) is 1. The van der Waals surface area contributed by atoms with Crippen LogP contribution in [0, 0.1) is 11.3 Å². The van der Waals surface area contributed by atoms with Crippen molar-refractivity contribution in [1.29, 1.82) is 5.26 Å². The molecule has 0 spiro atoms. The number of amides is 1. The predicted molar refractivity (Wildman–Crippen MR) is 124 cm³/mol. The Bertz CT molecular complexity index is 1210. The van der Waals surface area contributed by atoms with Crippen molar-refractivity contribution < 1.29 is 22.7 Å². The first-order valence-corrected chi connectivity index (χ1v) is 13.3. The lowest BCUT2D eigenvalue weighted by Gasteiger charge is -2.25.